The summed E-state index contributed by atoms with van der Waals surface area (Å²) in [4.78, 5) is 12.8. The van der Waals surface area contributed by atoms with Gasteiger partial charge in [0.1, 0.15) is 11.6 Å². The first-order valence-corrected chi connectivity index (χ1v) is 7.39. The zero-order valence-corrected chi connectivity index (χ0v) is 12.1. The smallest absolute Gasteiger partial charge is 0.248 e. The molecule has 2 nitrogen and oxygen atoms in total. The molecule has 0 saturated carbocycles. The van der Waals surface area contributed by atoms with Crippen LogP contribution < -0.4 is 5.32 Å². The van der Waals surface area contributed by atoms with E-state index in [0.717, 1.165) is 22.6 Å². The fourth-order valence-corrected chi connectivity index (χ4v) is 2.06. The lowest BCUT2D eigenvalue weighted by Gasteiger charge is -2.03. The van der Waals surface area contributed by atoms with Gasteiger partial charge in [-0.3, -0.25) is 4.79 Å². The maximum atomic E-state index is 13.4. The van der Waals surface area contributed by atoms with Crippen molar-refractivity contribution >= 4 is 29.4 Å². The topological polar surface area (TPSA) is 29.1 Å². The first-order chi connectivity index (χ1) is 10.1. The van der Waals surface area contributed by atoms with Crippen molar-refractivity contribution in [1.82, 2.24) is 0 Å². The second kappa shape index (κ2) is 7.04. The van der Waals surface area contributed by atoms with Gasteiger partial charge in [-0.1, -0.05) is 12.1 Å². The van der Waals surface area contributed by atoms with Gasteiger partial charge >= 0.3 is 0 Å². The van der Waals surface area contributed by atoms with Crippen LogP contribution in [-0.2, 0) is 4.79 Å². The van der Waals surface area contributed by atoms with Gasteiger partial charge in [0.05, 0.1) is 5.69 Å². The summed E-state index contributed by atoms with van der Waals surface area (Å²) < 4.78 is 26.1. The van der Waals surface area contributed by atoms with Gasteiger partial charge in [0.15, 0.2) is 0 Å². The van der Waals surface area contributed by atoms with E-state index in [2.05, 4.69) is 5.32 Å². The SMILES string of the molecule is CSc1ccc(/C=C/C(=O)Nc2ccc(F)cc2F)cc1. The minimum atomic E-state index is -0.805. The molecule has 0 radical (unpaired) electrons. The summed E-state index contributed by atoms with van der Waals surface area (Å²) >= 11 is 1.63. The third-order valence-electron chi connectivity index (χ3n) is 2.73. The molecule has 0 aliphatic rings. The number of anilines is 1. The summed E-state index contributed by atoms with van der Waals surface area (Å²) in [5, 5.41) is 2.36. The lowest BCUT2D eigenvalue weighted by Crippen LogP contribution is -2.09. The minimum Gasteiger partial charge on any atom is -0.320 e. The van der Waals surface area contributed by atoms with Gasteiger partial charge in [-0.15, -0.1) is 11.8 Å². The Labute approximate surface area is 125 Å². The van der Waals surface area contributed by atoms with Crippen LogP contribution in [0.15, 0.2) is 53.4 Å². The molecule has 0 fully saturated rings. The molecule has 1 amide bonds. The third-order valence-corrected chi connectivity index (χ3v) is 3.48. The van der Waals surface area contributed by atoms with Crippen LogP contribution in [0, 0.1) is 11.6 Å². The Morgan fingerprint density at radius 3 is 2.48 bits per heavy atom. The van der Waals surface area contributed by atoms with E-state index in [9.17, 15) is 13.6 Å². The van der Waals surface area contributed by atoms with Gasteiger partial charge in [0.2, 0.25) is 5.91 Å². The minimum absolute atomic E-state index is 0.0521. The molecule has 21 heavy (non-hydrogen) atoms. The van der Waals surface area contributed by atoms with Crippen LogP contribution in [-0.4, -0.2) is 12.2 Å². The van der Waals surface area contributed by atoms with Gasteiger partial charge in [0, 0.05) is 17.0 Å². The lowest BCUT2D eigenvalue weighted by molar-refractivity contribution is -0.111. The Morgan fingerprint density at radius 1 is 1.14 bits per heavy atom. The van der Waals surface area contributed by atoms with E-state index in [1.165, 1.54) is 12.1 Å². The molecule has 0 saturated heterocycles. The molecule has 0 aliphatic heterocycles. The van der Waals surface area contributed by atoms with Crippen molar-refractivity contribution in [2.24, 2.45) is 0 Å². The third kappa shape index (κ3) is 4.43. The van der Waals surface area contributed by atoms with Crippen molar-refractivity contribution in [3.05, 3.63) is 65.7 Å². The Morgan fingerprint density at radius 2 is 1.86 bits per heavy atom. The van der Waals surface area contributed by atoms with Gasteiger partial charge in [-0.25, -0.2) is 8.78 Å². The van der Waals surface area contributed by atoms with Gasteiger partial charge in [-0.2, -0.15) is 0 Å². The number of amides is 1. The largest absolute Gasteiger partial charge is 0.320 e. The summed E-state index contributed by atoms with van der Waals surface area (Å²) in [5.74, 6) is -1.97. The van der Waals surface area contributed by atoms with Crippen LogP contribution in [0.25, 0.3) is 6.08 Å². The fourth-order valence-electron chi connectivity index (χ4n) is 1.65. The van der Waals surface area contributed by atoms with Crippen LogP contribution in [0.5, 0.6) is 0 Å². The molecule has 0 unspecified atom stereocenters. The molecule has 5 heteroatoms. The highest BCUT2D eigenvalue weighted by Crippen LogP contribution is 2.16. The van der Waals surface area contributed by atoms with Crippen molar-refractivity contribution in [1.29, 1.82) is 0 Å². The van der Waals surface area contributed by atoms with Crippen molar-refractivity contribution in [3.63, 3.8) is 0 Å². The first-order valence-electron chi connectivity index (χ1n) is 6.16. The molecule has 0 aliphatic carbocycles. The van der Waals surface area contributed by atoms with E-state index < -0.39 is 17.5 Å². The fraction of sp³-hybridized carbons (Fsp3) is 0.0625. The van der Waals surface area contributed by atoms with E-state index in [-0.39, 0.29) is 5.69 Å². The van der Waals surface area contributed by atoms with Gasteiger partial charge in [-0.05, 0) is 42.2 Å². The average Bonchev–Trinajstić information content (AvgIpc) is 2.48. The molecule has 108 valence electrons. The number of nitrogens with one attached hydrogen (secondary N) is 1. The Bertz CT molecular complexity index is 668. The molecule has 0 heterocycles. The molecule has 1 N–H and O–H groups in total. The molecule has 0 aromatic heterocycles. The molecule has 2 aromatic rings. The van der Waals surface area contributed by atoms with Gasteiger partial charge in [0.25, 0.3) is 0 Å². The standard InChI is InChI=1S/C16H13F2NOS/c1-21-13-6-2-11(3-7-13)4-9-16(20)19-15-8-5-12(17)10-14(15)18/h2-10H,1H3,(H,19,20)/b9-4+. The number of hydrogen-bond acceptors (Lipinski definition) is 2. The lowest BCUT2D eigenvalue weighted by atomic mass is 10.2. The number of carbonyl (C=O) groups is 1. The normalized spacial score (nSPS) is 10.8. The van der Waals surface area contributed by atoms with Crippen LogP contribution >= 0.6 is 11.8 Å². The van der Waals surface area contributed by atoms with E-state index in [4.69, 9.17) is 0 Å². The summed E-state index contributed by atoms with van der Waals surface area (Å²) in [7, 11) is 0. The maximum Gasteiger partial charge on any atom is 0.248 e. The number of carbonyl (C=O) groups excluding carboxylic acids is 1. The van der Waals surface area contributed by atoms with E-state index in [0.29, 0.717) is 0 Å². The molecule has 0 bridgehead atoms. The van der Waals surface area contributed by atoms with E-state index in [1.54, 1.807) is 17.8 Å². The maximum absolute atomic E-state index is 13.4. The number of benzene rings is 2. The molecule has 2 aromatic carbocycles. The quantitative estimate of drug-likeness (QED) is 0.672. The van der Waals surface area contributed by atoms with Crippen LogP contribution in [0.2, 0.25) is 0 Å². The van der Waals surface area contributed by atoms with Crippen molar-refractivity contribution in [3.8, 4) is 0 Å². The highest BCUT2D eigenvalue weighted by molar-refractivity contribution is 7.98. The van der Waals surface area contributed by atoms with Crippen molar-refractivity contribution < 1.29 is 13.6 Å². The van der Waals surface area contributed by atoms with Crippen LogP contribution in [0.1, 0.15) is 5.56 Å². The molecule has 0 spiro atoms. The summed E-state index contributed by atoms with van der Waals surface area (Å²) in [6.45, 7) is 0. The number of hydrogen-bond donors (Lipinski definition) is 1. The Kier molecular flexibility index (Phi) is 5.11. The van der Waals surface area contributed by atoms with E-state index in [1.807, 2.05) is 30.5 Å². The zero-order valence-electron chi connectivity index (χ0n) is 11.3. The van der Waals surface area contributed by atoms with Crippen molar-refractivity contribution in [2.45, 2.75) is 4.90 Å². The Hall–Kier alpha value is -2.14. The molecular formula is C16H13F2NOS. The Balaban J connectivity index is 2.01. The molecule has 0 atom stereocenters. The number of thioether (sulfide) groups is 1. The molecule has 2 rings (SSSR count). The monoisotopic (exact) mass is 305 g/mol. The highest BCUT2D eigenvalue weighted by atomic mass is 32.2. The summed E-state index contributed by atoms with van der Waals surface area (Å²) in [5.41, 5.74) is 0.811. The first kappa shape index (κ1) is 15.3. The second-order valence-corrected chi connectivity index (χ2v) is 5.10. The van der Waals surface area contributed by atoms with Gasteiger partial charge < -0.3 is 5.32 Å². The van der Waals surface area contributed by atoms with E-state index >= 15 is 0 Å². The van der Waals surface area contributed by atoms with Crippen LogP contribution in [0.4, 0.5) is 14.5 Å². The predicted molar refractivity (Wildman–Crippen MR) is 82.2 cm³/mol. The van der Waals surface area contributed by atoms with Crippen LogP contribution in [0.3, 0.4) is 0 Å². The zero-order chi connectivity index (χ0) is 15.2. The highest BCUT2D eigenvalue weighted by Gasteiger charge is 2.05. The summed E-state index contributed by atoms with van der Waals surface area (Å²) in [6, 6.07) is 10.7. The molecular weight excluding hydrogens is 292 g/mol. The summed E-state index contributed by atoms with van der Waals surface area (Å²) in [6.07, 6.45) is 4.91. The predicted octanol–water partition coefficient (Wildman–Crippen LogP) is 4.34. The number of rotatable bonds is 4. The van der Waals surface area contributed by atoms with Crippen molar-refractivity contribution in [2.75, 3.05) is 11.6 Å². The average molecular weight is 305 g/mol. The second-order valence-electron chi connectivity index (χ2n) is 4.22. The number of halogens is 2.